The number of allylic oxidation sites excluding steroid dienone is 1. The van der Waals surface area contributed by atoms with Crippen LogP contribution >= 0.6 is 0 Å². The average molecular weight is 150 g/mol. The molecule has 1 heteroatoms. The lowest BCUT2D eigenvalue weighted by molar-refractivity contribution is -0.113. The molecule has 2 rings (SSSR count). The Bertz CT molecular complexity index is 165. The summed E-state index contributed by atoms with van der Waals surface area (Å²) in [6.45, 7) is 3.80. The number of hydrogen-bond acceptors (Lipinski definition) is 1. The van der Waals surface area contributed by atoms with E-state index in [1.165, 1.54) is 19.3 Å². The van der Waals surface area contributed by atoms with Gasteiger partial charge in [-0.05, 0) is 37.0 Å². The molecule has 4 unspecified atom stereocenters. The Labute approximate surface area is 67.5 Å². The fraction of sp³-hybridized carbons (Fsp3) is 0.700. The predicted molar refractivity (Wildman–Crippen MR) is 44.1 cm³/mol. The Morgan fingerprint density at radius 2 is 1.82 bits per heavy atom. The van der Waals surface area contributed by atoms with Gasteiger partial charge in [0, 0.05) is 5.92 Å². The Morgan fingerprint density at radius 1 is 1.18 bits per heavy atom. The Morgan fingerprint density at radius 3 is 2.27 bits per heavy atom. The van der Waals surface area contributed by atoms with E-state index >= 15 is 0 Å². The van der Waals surface area contributed by atoms with Crippen LogP contribution in [-0.2, 0) is 4.79 Å². The molecule has 0 aromatic heterocycles. The molecule has 0 aromatic carbocycles. The molecule has 0 amide bonds. The molecule has 2 aliphatic carbocycles. The summed E-state index contributed by atoms with van der Waals surface area (Å²) in [7, 11) is 0. The topological polar surface area (TPSA) is 17.1 Å². The zero-order valence-corrected chi connectivity index (χ0v) is 6.70. The van der Waals surface area contributed by atoms with Gasteiger partial charge in [0.15, 0.2) is 0 Å². The van der Waals surface area contributed by atoms with Gasteiger partial charge in [-0.15, -0.1) is 6.58 Å². The highest BCUT2D eigenvalue weighted by atomic mass is 16.1. The zero-order chi connectivity index (χ0) is 7.84. The predicted octanol–water partition coefficient (Wildman–Crippen LogP) is 2.03. The van der Waals surface area contributed by atoms with Crippen molar-refractivity contribution in [2.45, 2.75) is 19.3 Å². The number of hydrogen-bond donors (Lipinski definition) is 0. The summed E-state index contributed by atoms with van der Waals surface area (Å²) in [5.74, 6) is 2.30. The average Bonchev–Trinajstić information content (AvgIpc) is 2.60. The molecule has 1 nitrogen and oxygen atoms in total. The molecule has 0 aromatic rings. The van der Waals surface area contributed by atoms with Gasteiger partial charge in [-0.3, -0.25) is 0 Å². The normalized spacial score (nSPS) is 47.6. The molecule has 2 fully saturated rings. The van der Waals surface area contributed by atoms with Crippen LogP contribution in [0.3, 0.4) is 0 Å². The first-order valence-corrected chi connectivity index (χ1v) is 4.44. The zero-order valence-electron chi connectivity index (χ0n) is 6.70. The minimum Gasteiger partial charge on any atom is -0.303 e. The maximum absolute atomic E-state index is 10.7. The number of aldehydes is 1. The standard InChI is InChI=1S/C10H14O/c1-2-9-7-3-4-8(5-7)10(9)6-11/h2,6-10H,1,3-5H2. The molecule has 11 heavy (non-hydrogen) atoms. The van der Waals surface area contributed by atoms with Gasteiger partial charge >= 0.3 is 0 Å². The van der Waals surface area contributed by atoms with Gasteiger partial charge in [0.25, 0.3) is 0 Å². The quantitative estimate of drug-likeness (QED) is 0.435. The van der Waals surface area contributed by atoms with E-state index in [1.54, 1.807) is 0 Å². The molecule has 2 aliphatic rings. The molecule has 0 spiro atoms. The Hall–Kier alpha value is -0.590. The second-order valence-corrected chi connectivity index (χ2v) is 3.86. The van der Waals surface area contributed by atoms with Crippen LogP contribution in [0.4, 0.5) is 0 Å². The summed E-state index contributed by atoms with van der Waals surface area (Å²) in [6, 6.07) is 0. The van der Waals surface area contributed by atoms with Crippen molar-refractivity contribution in [1.29, 1.82) is 0 Å². The van der Waals surface area contributed by atoms with Crippen molar-refractivity contribution in [1.82, 2.24) is 0 Å². The number of carbonyl (C=O) groups is 1. The van der Waals surface area contributed by atoms with E-state index in [2.05, 4.69) is 6.58 Å². The minimum atomic E-state index is 0.311. The van der Waals surface area contributed by atoms with Crippen LogP contribution < -0.4 is 0 Å². The van der Waals surface area contributed by atoms with Crippen molar-refractivity contribution in [3.63, 3.8) is 0 Å². The molecular weight excluding hydrogens is 136 g/mol. The van der Waals surface area contributed by atoms with Crippen molar-refractivity contribution >= 4 is 6.29 Å². The van der Waals surface area contributed by atoms with Gasteiger partial charge in [0.1, 0.15) is 6.29 Å². The lowest BCUT2D eigenvalue weighted by Gasteiger charge is -2.23. The molecule has 4 atom stereocenters. The molecular formula is C10H14O. The third-order valence-electron chi connectivity index (χ3n) is 3.48. The van der Waals surface area contributed by atoms with E-state index in [4.69, 9.17) is 0 Å². The van der Waals surface area contributed by atoms with Crippen LogP contribution in [0, 0.1) is 23.7 Å². The summed E-state index contributed by atoms with van der Waals surface area (Å²) < 4.78 is 0. The molecule has 60 valence electrons. The van der Waals surface area contributed by atoms with Gasteiger partial charge < -0.3 is 4.79 Å². The van der Waals surface area contributed by atoms with Gasteiger partial charge in [-0.1, -0.05) is 6.08 Å². The molecule has 0 saturated heterocycles. The van der Waals surface area contributed by atoms with E-state index in [9.17, 15) is 4.79 Å². The first kappa shape index (κ1) is 7.08. The van der Waals surface area contributed by atoms with Crippen LogP contribution in [0.2, 0.25) is 0 Å². The first-order chi connectivity index (χ1) is 5.36. The van der Waals surface area contributed by atoms with E-state index in [0.717, 1.165) is 12.2 Å². The van der Waals surface area contributed by atoms with E-state index in [0.29, 0.717) is 17.8 Å². The third-order valence-corrected chi connectivity index (χ3v) is 3.48. The number of fused-ring (bicyclic) bond motifs is 2. The van der Waals surface area contributed by atoms with Crippen molar-refractivity contribution < 1.29 is 4.79 Å². The van der Waals surface area contributed by atoms with Crippen molar-refractivity contribution in [2.24, 2.45) is 23.7 Å². The van der Waals surface area contributed by atoms with E-state index in [-0.39, 0.29) is 0 Å². The Balaban J connectivity index is 2.19. The first-order valence-electron chi connectivity index (χ1n) is 4.44. The highest BCUT2D eigenvalue weighted by Gasteiger charge is 2.45. The number of carbonyl (C=O) groups excluding carboxylic acids is 1. The largest absolute Gasteiger partial charge is 0.303 e. The van der Waals surface area contributed by atoms with Crippen LogP contribution in [0.15, 0.2) is 12.7 Å². The SMILES string of the molecule is C=CC1C2CCC(C2)C1C=O. The van der Waals surface area contributed by atoms with Crippen LogP contribution in [0.5, 0.6) is 0 Å². The van der Waals surface area contributed by atoms with Crippen molar-refractivity contribution in [3.05, 3.63) is 12.7 Å². The van der Waals surface area contributed by atoms with E-state index in [1.807, 2.05) is 6.08 Å². The smallest absolute Gasteiger partial charge is 0.123 e. The fourth-order valence-corrected chi connectivity index (χ4v) is 2.93. The summed E-state index contributed by atoms with van der Waals surface area (Å²) >= 11 is 0. The maximum atomic E-state index is 10.7. The lowest BCUT2D eigenvalue weighted by atomic mass is 9.80. The highest BCUT2D eigenvalue weighted by Crippen LogP contribution is 2.51. The van der Waals surface area contributed by atoms with Crippen LogP contribution in [0.1, 0.15) is 19.3 Å². The summed E-state index contributed by atoms with van der Waals surface area (Å²) in [5.41, 5.74) is 0. The molecule has 0 radical (unpaired) electrons. The van der Waals surface area contributed by atoms with E-state index < -0.39 is 0 Å². The Kier molecular flexibility index (Phi) is 1.59. The lowest BCUT2D eigenvalue weighted by Crippen LogP contribution is -2.21. The molecule has 2 bridgehead atoms. The van der Waals surface area contributed by atoms with Gasteiger partial charge in [0.2, 0.25) is 0 Å². The molecule has 0 aliphatic heterocycles. The second-order valence-electron chi connectivity index (χ2n) is 3.86. The second kappa shape index (κ2) is 2.47. The van der Waals surface area contributed by atoms with Gasteiger partial charge in [-0.2, -0.15) is 0 Å². The van der Waals surface area contributed by atoms with Crippen LogP contribution in [-0.4, -0.2) is 6.29 Å². The monoisotopic (exact) mass is 150 g/mol. The van der Waals surface area contributed by atoms with Crippen molar-refractivity contribution in [2.75, 3.05) is 0 Å². The number of rotatable bonds is 2. The summed E-state index contributed by atoms with van der Waals surface area (Å²) in [6.07, 6.45) is 7.02. The maximum Gasteiger partial charge on any atom is 0.123 e. The van der Waals surface area contributed by atoms with Crippen molar-refractivity contribution in [3.8, 4) is 0 Å². The van der Waals surface area contributed by atoms with Gasteiger partial charge in [0.05, 0.1) is 0 Å². The van der Waals surface area contributed by atoms with Gasteiger partial charge in [-0.25, -0.2) is 0 Å². The third kappa shape index (κ3) is 0.867. The van der Waals surface area contributed by atoms with Crippen LogP contribution in [0.25, 0.3) is 0 Å². The molecule has 0 N–H and O–H groups in total. The minimum absolute atomic E-state index is 0.311. The summed E-state index contributed by atoms with van der Waals surface area (Å²) in [5, 5.41) is 0. The fourth-order valence-electron chi connectivity index (χ4n) is 2.93. The summed E-state index contributed by atoms with van der Waals surface area (Å²) in [4.78, 5) is 10.7. The molecule has 0 heterocycles. The molecule has 2 saturated carbocycles. The highest BCUT2D eigenvalue weighted by molar-refractivity contribution is 5.56.